The van der Waals surface area contributed by atoms with Gasteiger partial charge in [-0.1, -0.05) is 30.3 Å². The zero-order chi connectivity index (χ0) is 23.4. The van der Waals surface area contributed by atoms with Gasteiger partial charge in [-0.25, -0.2) is 10.4 Å². The fraction of sp³-hybridized carbons (Fsp3) is 0.130. The molecule has 4 aromatic rings. The Labute approximate surface area is 201 Å². The number of hydrazone groups is 1. The van der Waals surface area contributed by atoms with Gasteiger partial charge in [0.1, 0.15) is 11.4 Å². The summed E-state index contributed by atoms with van der Waals surface area (Å²) in [4.78, 5) is 30.5. The van der Waals surface area contributed by atoms with Crippen LogP contribution in [0.1, 0.15) is 5.56 Å². The van der Waals surface area contributed by atoms with Gasteiger partial charge in [-0.2, -0.15) is 5.10 Å². The highest BCUT2D eigenvalue weighted by Gasteiger charge is 2.14. The average molecular weight is 527 g/mol. The number of nitrogens with one attached hydrogen (secondary N) is 1. The van der Waals surface area contributed by atoms with E-state index in [2.05, 4.69) is 31.4 Å². The molecule has 0 aliphatic rings. The highest BCUT2D eigenvalue weighted by Crippen LogP contribution is 2.35. The van der Waals surface area contributed by atoms with E-state index in [1.165, 1.54) is 35.6 Å². The number of halogens is 1. The lowest BCUT2D eigenvalue weighted by Gasteiger charge is -2.10. The van der Waals surface area contributed by atoms with Crippen LogP contribution in [0.25, 0.3) is 21.3 Å². The second-order valence-electron chi connectivity index (χ2n) is 6.90. The van der Waals surface area contributed by atoms with E-state index in [4.69, 9.17) is 9.47 Å². The van der Waals surface area contributed by atoms with Crippen molar-refractivity contribution in [3.63, 3.8) is 0 Å². The predicted octanol–water partition coefficient (Wildman–Crippen LogP) is 4.06. The van der Waals surface area contributed by atoms with Crippen molar-refractivity contribution in [1.82, 2.24) is 15.0 Å². The van der Waals surface area contributed by atoms with E-state index in [1.807, 2.05) is 35.7 Å². The molecule has 2 heterocycles. The first kappa shape index (κ1) is 22.7. The van der Waals surface area contributed by atoms with Crippen LogP contribution in [0.4, 0.5) is 0 Å². The van der Waals surface area contributed by atoms with Gasteiger partial charge in [-0.15, -0.1) is 11.3 Å². The molecule has 0 fully saturated rings. The molecular weight excluding hydrogens is 508 g/mol. The number of hydrogen-bond donors (Lipinski definition) is 1. The maximum atomic E-state index is 13.1. The molecule has 2 aromatic carbocycles. The molecule has 0 spiro atoms. The van der Waals surface area contributed by atoms with Gasteiger partial charge in [0.2, 0.25) is 0 Å². The van der Waals surface area contributed by atoms with Crippen molar-refractivity contribution in [2.45, 2.75) is 6.54 Å². The van der Waals surface area contributed by atoms with Gasteiger partial charge in [-0.05, 0) is 39.2 Å². The second-order valence-corrected chi connectivity index (χ2v) is 8.62. The van der Waals surface area contributed by atoms with Crippen LogP contribution in [0.2, 0.25) is 0 Å². The molecular formula is C23H19BrN4O4S. The molecule has 168 valence electrons. The number of hydrogen-bond acceptors (Lipinski definition) is 7. The summed E-state index contributed by atoms with van der Waals surface area (Å²) in [6.45, 7) is -0.210. The number of thiophene rings is 1. The lowest BCUT2D eigenvalue weighted by atomic mass is 10.1. The molecule has 0 bridgehead atoms. The lowest BCUT2D eigenvalue weighted by molar-refractivity contribution is -0.121. The highest BCUT2D eigenvalue weighted by atomic mass is 79.9. The largest absolute Gasteiger partial charge is 0.493 e. The summed E-state index contributed by atoms with van der Waals surface area (Å²) in [6.07, 6.45) is 2.85. The van der Waals surface area contributed by atoms with Gasteiger partial charge >= 0.3 is 0 Å². The number of nitrogens with zero attached hydrogens (tertiary/aromatic N) is 3. The molecule has 0 radical (unpaired) electrons. The number of carbonyl (C=O) groups is 1. The Morgan fingerprint density at radius 1 is 1.24 bits per heavy atom. The van der Waals surface area contributed by atoms with E-state index in [0.29, 0.717) is 31.8 Å². The maximum absolute atomic E-state index is 13.1. The van der Waals surface area contributed by atoms with Crippen LogP contribution in [0, 0.1) is 0 Å². The minimum absolute atomic E-state index is 0.210. The summed E-state index contributed by atoms with van der Waals surface area (Å²) >= 11 is 4.81. The second kappa shape index (κ2) is 9.97. The Kier molecular flexibility index (Phi) is 6.85. The lowest BCUT2D eigenvalue weighted by Crippen LogP contribution is -2.30. The van der Waals surface area contributed by atoms with Crippen LogP contribution in [0.15, 0.2) is 68.5 Å². The topological polar surface area (TPSA) is 94.8 Å². The molecule has 0 saturated heterocycles. The Morgan fingerprint density at radius 2 is 2.03 bits per heavy atom. The number of fused-ring (bicyclic) bond motifs is 1. The maximum Gasteiger partial charge on any atom is 0.263 e. The van der Waals surface area contributed by atoms with Crippen LogP contribution in [0.3, 0.4) is 0 Å². The quantitative estimate of drug-likeness (QED) is 0.289. The van der Waals surface area contributed by atoms with Crippen LogP contribution in [-0.2, 0) is 11.3 Å². The molecule has 0 aliphatic heterocycles. The first-order chi connectivity index (χ1) is 16.0. The summed E-state index contributed by atoms with van der Waals surface area (Å²) < 4.78 is 12.5. The molecule has 8 nitrogen and oxygen atoms in total. The monoisotopic (exact) mass is 526 g/mol. The van der Waals surface area contributed by atoms with Crippen molar-refractivity contribution in [2.75, 3.05) is 14.2 Å². The summed E-state index contributed by atoms with van der Waals surface area (Å²) in [5.41, 5.74) is 4.58. The third-order valence-corrected chi connectivity index (χ3v) is 6.29. The smallest absolute Gasteiger partial charge is 0.263 e. The van der Waals surface area contributed by atoms with Crippen molar-refractivity contribution in [3.05, 3.63) is 74.6 Å². The van der Waals surface area contributed by atoms with E-state index in [1.54, 1.807) is 19.2 Å². The van der Waals surface area contributed by atoms with Crippen LogP contribution in [-0.4, -0.2) is 35.9 Å². The van der Waals surface area contributed by atoms with E-state index in [9.17, 15) is 9.59 Å². The summed E-state index contributed by atoms with van der Waals surface area (Å²) in [7, 11) is 3.08. The molecule has 2 aromatic heterocycles. The van der Waals surface area contributed by atoms with Crippen molar-refractivity contribution in [1.29, 1.82) is 0 Å². The van der Waals surface area contributed by atoms with Gasteiger partial charge < -0.3 is 9.47 Å². The Bertz CT molecular complexity index is 1400. The van der Waals surface area contributed by atoms with Crippen molar-refractivity contribution in [2.24, 2.45) is 5.10 Å². The first-order valence-electron chi connectivity index (χ1n) is 9.77. The normalized spacial score (nSPS) is 11.1. The summed E-state index contributed by atoms with van der Waals surface area (Å²) in [6, 6.07) is 13.1. The van der Waals surface area contributed by atoms with Gasteiger partial charge in [0.15, 0.2) is 11.5 Å². The molecule has 4 rings (SSSR count). The van der Waals surface area contributed by atoms with Gasteiger partial charge in [0, 0.05) is 10.9 Å². The van der Waals surface area contributed by atoms with Crippen molar-refractivity contribution < 1.29 is 14.3 Å². The Balaban J connectivity index is 1.51. The molecule has 0 unspecified atom stereocenters. The van der Waals surface area contributed by atoms with Crippen LogP contribution >= 0.6 is 27.3 Å². The minimum atomic E-state index is -0.453. The number of carbonyl (C=O) groups excluding carboxylic acids is 1. The highest BCUT2D eigenvalue weighted by molar-refractivity contribution is 9.10. The number of benzene rings is 2. The molecule has 0 atom stereocenters. The molecule has 0 saturated carbocycles. The van der Waals surface area contributed by atoms with E-state index in [-0.39, 0.29) is 12.1 Å². The molecule has 0 aliphatic carbocycles. The third-order valence-electron chi connectivity index (χ3n) is 4.82. The van der Waals surface area contributed by atoms with Gasteiger partial charge in [0.05, 0.1) is 36.6 Å². The van der Waals surface area contributed by atoms with Crippen molar-refractivity contribution >= 4 is 49.6 Å². The van der Waals surface area contributed by atoms with E-state index >= 15 is 0 Å². The van der Waals surface area contributed by atoms with Crippen molar-refractivity contribution in [3.8, 4) is 22.6 Å². The van der Waals surface area contributed by atoms with E-state index in [0.717, 1.165) is 11.1 Å². The minimum Gasteiger partial charge on any atom is -0.493 e. The SMILES string of the molecule is COc1cc(/C=N\NC(=O)Cn2cnc3scc(-c4ccccc4)c3c2=O)cc(Br)c1OC. The molecule has 10 heteroatoms. The number of rotatable bonds is 7. The molecule has 1 N–H and O–H groups in total. The number of aromatic nitrogens is 2. The van der Waals surface area contributed by atoms with Crippen LogP contribution in [0.5, 0.6) is 11.5 Å². The first-order valence-corrected chi connectivity index (χ1v) is 11.4. The third kappa shape index (κ3) is 4.81. The number of ether oxygens (including phenoxy) is 2. The number of methoxy groups -OCH3 is 2. The fourth-order valence-corrected chi connectivity index (χ4v) is 4.82. The predicted molar refractivity (Wildman–Crippen MR) is 132 cm³/mol. The molecule has 33 heavy (non-hydrogen) atoms. The van der Waals surface area contributed by atoms with Gasteiger partial charge in [-0.3, -0.25) is 14.2 Å². The van der Waals surface area contributed by atoms with E-state index < -0.39 is 5.91 Å². The summed E-state index contributed by atoms with van der Waals surface area (Å²) in [5, 5.41) is 6.39. The summed E-state index contributed by atoms with van der Waals surface area (Å²) in [5.74, 6) is 0.630. The molecule has 1 amide bonds. The van der Waals surface area contributed by atoms with Crippen LogP contribution < -0.4 is 20.5 Å². The van der Waals surface area contributed by atoms with Gasteiger partial charge in [0.25, 0.3) is 11.5 Å². The number of amides is 1. The fourth-order valence-electron chi connectivity index (χ4n) is 3.29. The average Bonchev–Trinajstić information content (AvgIpc) is 3.26. The Hall–Kier alpha value is -3.50. The Morgan fingerprint density at radius 3 is 2.76 bits per heavy atom. The zero-order valence-corrected chi connectivity index (χ0v) is 20.1. The zero-order valence-electron chi connectivity index (χ0n) is 17.7. The standard InChI is InChI=1S/C23H19BrN4O4S/c1-31-18-9-14(8-17(24)21(18)32-2)10-26-27-19(29)11-28-13-25-22-20(23(28)30)16(12-33-22)15-6-4-3-5-7-15/h3-10,12-13H,11H2,1-2H3,(H,27,29)/b26-10-.